The molecule has 0 aromatic heterocycles. The van der Waals surface area contributed by atoms with E-state index < -0.39 is 0 Å². The van der Waals surface area contributed by atoms with E-state index in [1.807, 2.05) is 0 Å². The summed E-state index contributed by atoms with van der Waals surface area (Å²) in [4.78, 5) is 0. The lowest BCUT2D eigenvalue weighted by Crippen LogP contribution is -2.35. The molecule has 3 heteroatoms. The molecular weight excluding hydrogens is 326 g/mol. The van der Waals surface area contributed by atoms with Crippen molar-refractivity contribution >= 4 is 15.9 Å². The zero-order chi connectivity index (χ0) is 14.7. The smallest absolute Gasteiger partial charge is 0.0708 e. The number of rotatable bonds is 4. The Balaban J connectivity index is 1.48. The third-order valence-electron chi connectivity index (χ3n) is 5.13. The largest absolute Gasteiger partial charge is 0.370 e. The quantitative estimate of drug-likeness (QED) is 0.825. The minimum absolute atomic E-state index is 0.242. The van der Waals surface area contributed by atoms with E-state index in [1.165, 1.54) is 50.5 Å². The van der Waals surface area contributed by atoms with E-state index in [-0.39, 0.29) is 5.60 Å². The van der Waals surface area contributed by atoms with Crippen molar-refractivity contribution in [2.45, 2.75) is 69.6 Å². The Labute approximate surface area is 136 Å². The number of hydrogen-bond acceptors (Lipinski definition) is 2. The van der Waals surface area contributed by atoms with Gasteiger partial charge in [0.25, 0.3) is 0 Å². The molecular formula is C18H26BrNO. The molecule has 0 bridgehead atoms. The second kappa shape index (κ2) is 6.80. The van der Waals surface area contributed by atoms with Crippen molar-refractivity contribution in [2.75, 3.05) is 6.54 Å². The maximum absolute atomic E-state index is 6.43. The number of nitrogens with one attached hydrogen (secondary N) is 1. The summed E-state index contributed by atoms with van der Waals surface area (Å²) >= 11 is 3.49. The van der Waals surface area contributed by atoms with Crippen LogP contribution in [0, 0.1) is 0 Å². The first-order chi connectivity index (χ1) is 10.2. The summed E-state index contributed by atoms with van der Waals surface area (Å²) in [5, 5.41) is 3.64. The molecule has 1 saturated carbocycles. The average molecular weight is 352 g/mol. The van der Waals surface area contributed by atoms with Gasteiger partial charge in [0.05, 0.1) is 11.7 Å². The van der Waals surface area contributed by atoms with Crippen molar-refractivity contribution in [2.24, 2.45) is 0 Å². The van der Waals surface area contributed by atoms with Crippen molar-refractivity contribution < 1.29 is 4.74 Å². The summed E-state index contributed by atoms with van der Waals surface area (Å²) in [5.41, 5.74) is 1.58. The topological polar surface area (TPSA) is 21.3 Å². The zero-order valence-electron chi connectivity index (χ0n) is 12.9. The van der Waals surface area contributed by atoms with Crippen LogP contribution in [0.3, 0.4) is 0 Å². The van der Waals surface area contributed by atoms with Gasteiger partial charge in [0.2, 0.25) is 0 Å². The first-order valence-electron chi connectivity index (χ1n) is 8.34. The predicted octanol–water partition coefficient (Wildman–Crippen LogP) is 4.98. The van der Waals surface area contributed by atoms with Gasteiger partial charge in [-0.05, 0) is 50.3 Å². The molecule has 1 N–H and O–H groups in total. The average Bonchev–Trinajstić information content (AvgIpc) is 2.89. The van der Waals surface area contributed by atoms with Gasteiger partial charge in [-0.2, -0.15) is 0 Å². The van der Waals surface area contributed by atoms with Crippen LogP contribution in [-0.2, 0) is 4.74 Å². The molecule has 1 spiro atoms. The molecule has 1 saturated heterocycles. The van der Waals surface area contributed by atoms with Crippen molar-refractivity contribution in [3.63, 3.8) is 0 Å². The number of halogens is 1. The fraction of sp³-hybridized carbons (Fsp3) is 0.667. The zero-order valence-corrected chi connectivity index (χ0v) is 14.5. The summed E-state index contributed by atoms with van der Waals surface area (Å²) in [7, 11) is 0. The maximum atomic E-state index is 6.43. The maximum Gasteiger partial charge on any atom is 0.0708 e. The summed E-state index contributed by atoms with van der Waals surface area (Å²) < 4.78 is 7.56. The van der Waals surface area contributed by atoms with Crippen molar-refractivity contribution in [3.8, 4) is 0 Å². The molecule has 0 radical (unpaired) electrons. The molecule has 1 aromatic rings. The Morgan fingerprint density at radius 2 is 1.90 bits per heavy atom. The Morgan fingerprint density at radius 1 is 1.19 bits per heavy atom. The molecule has 2 fully saturated rings. The van der Waals surface area contributed by atoms with E-state index in [4.69, 9.17) is 4.74 Å². The van der Waals surface area contributed by atoms with E-state index in [9.17, 15) is 0 Å². The minimum Gasteiger partial charge on any atom is -0.370 e. The Kier molecular flexibility index (Phi) is 5.03. The van der Waals surface area contributed by atoms with Crippen molar-refractivity contribution in [1.82, 2.24) is 5.32 Å². The molecule has 1 aliphatic heterocycles. The predicted molar refractivity (Wildman–Crippen MR) is 90.5 cm³/mol. The van der Waals surface area contributed by atoms with Crippen LogP contribution in [0.15, 0.2) is 28.7 Å². The van der Waals surface area contributed by atoms with Crippen LogP contribution in [-0.4, -0.2) is 18.2 Å². The van der Waals surface area contributed by atoms with Gasteiger partial charge in [0.1, 0.15) is 0 Å². The van der Waals surface area contributed by atoms with Gasteiger partial charge in [-0.1, -0.05) is 47.3 Å². The lowest BCUT2D eigenvalue weighted by molar-refractivity contribution is -0.0628. The van der Waals surface area contributed by atoms with Crippen LogP contribution >= 0.6 is 15.9 Å². The highest BCUT2D eigenvalue weighted by Crippen LogP contribution is 2.41. The number of benzene rings is 1. The van der Waals surface area contributed by atoms with E-state index in [0.29, 0.717) is 12.1 Å². The van der Waals surface area contributed by atoms with Crippen LogP contribution in [0.1, 0.15) is 63.5 Å². The second-order valence-corrected chi connectivity index (χ2v) is 7.62. The third-order valence-corrected chi connectivity index (χ3v) is 5.65. The Bertz CT molecular complexity index is 453. The molecule has 0 amide bonds. The summed E-state index contributed by atoms with van der Waals surface area (Å²) in [6.45, 7) is 3.20. The molecule has 1 heterocycles. The van der Waals surface area contributed by atoms with Crippen molar-refractivity contribution in [3.05, 3.63) is 34.3 Å². The number of hydrogen-bond donors (Lipinski definition) is 1. The fourth-order valence-corrected chi connectivity index (χ4v) is 4.04. The third kappa shape index (κ3) is 3.88. The molecule has 2 nitrogen and oxygen atoms in total. The molecule has 3 rings (SSSR count). The van der Waals surface area contributed by atoms with E-state index in [0.717, 1.165) is 11.0 Å². The minimum atomic E-state index is 0.242. The van der Waals surface area contributed by atoms with Crippen LogP contribution in [0.5, 0.6) is 0 Å². The van der Waals surface area contributed by atoms with Crippen LogP contribution in [0.2, 0.25) is 0 Å². The monoisotopic (exact) mass is 351 g/mol. The fourth-order valence-electron chi connectivity index (χ4n) is 3.78. The summed E-state index contributed by atoms with van der Waals surface area (Å²) in [6.07, 6.45) is 9.57. The van der Waals surface area contributed by atoms with Gasteiger partial charge >= 0.3 is 0 Å². The van der Waals surface area contributed by atoms with Gasteiger partial charge in [-0.3, -0.25) is 0 Å². The van der Waals surface area contributed by atoms with Gasteiger partial charge in [-0.15, -0.1) is 0 Å². The molecule has 2 atom stereocenters. The molecule has 116 valence electrons. The van der Waals surface area contributed by atoms with Crippen LogP contribution in [0.25, 0.3) is 0 Å². The molecule has 1 aromatic carbocycles. The SMILES string of the molecule is CC(NCC1CCC2(CCCCC2)O1)c1ccc(Br)cc1. The normalized spacial score (nSPS) is 26.1. The van der Waals surface area contributed by atoms with Crippen LogP contribution in [0.4, 0.5) is 0 Å². The summed E-state index contributed by atoms with van der Waals surface area (Å²) in [6, 6.07) is 8.96. The lowest BCUT2D eigenvalue weighted by atomic mass is 9.83. The van der Waals surface area contributed by atoms with E-state index >= 15 is 0 Å². The first-order valence-corrected chi connectivity index (χ1v) is 9.13. The second-order valence-electron chi connectivity index (χ2n) is 6.70. The highest BCUT2D eigenvalue weighted by atomic mass is 79.9. The highest BCUT2D eigenvalue weighted by molar-refractivity contribution is 9.10. The standard InChI is InChI=1S/C18H26BrNO/c1-14(15-5-7-16(19)8-6-15)20-13-17-9-12-18(21-17)10-3-2-4-11-18/h5-8,14,17,20H,2-4,9-13H2,1H3. The van der Waals surface area contributed by atoms with Gasteiger partial charge in [0, 0.05) is 17.1 Å². The molecule has 2 unspecified atom stereocenters. The van der Waals surface area contributed by atoms with Crippen LogP contribution < -0.4 is 5.32 Å². The van der Waals surface area contributed by atoms with E-state index in [2.05, 4.69) is 52.4 Å². The Hall–Kier alpha value is -0.380. The van der Waals surface area contributed by atoms with Gasteiger partial charge in [-0.25, -0.2) is 0 Å². The molecule has 21 heavy (non-hydrogen) atoms. The van der Waals surface area contributed by atoms with Crippen molar-refractivity contribution in [1.29, 1.82) is 0 Å². The lowest BCUT2D eigenvalue weighted by Gasteiger charge is -2.33. The first kappa shape index (κ1) is 15.5. The van der Waals surface area contributed by atoms with Gasteiger partial charge in [0.15, 0.2) is 0 Å². The van der Waals surface area contributed by atoms with E-state index in [1.54, 1.807) is 0 Å². The van der Waals surface area contributed by atoms with Gasteiger partial charge < -0.3 is 10.1 Å². The summed E-state index contributed by atoms with van der Waals surface area (Å²) in [5.74, 6) is 0. The molecule has 2 aliphatic rings. The molecule has 1 aliphatic carbocycles. The highest BCUT2D eigenvalue weighted by Gasteiger charge is 2.40. The number of ether oxygens (including phenoxy) is 1. The Morgan fingerprint density at radius 3 is 2.62 bits per heavy atom.